The first-order valence-electron chi connectivity index (χ1n) is 10.9. The van der Waals surface area contributed by atoms with Crippen LogP contribution in [0.2, 0.25) is 0 Å². The van der Waals surface area contributed by atoms with Gasteiger partial charge in [0.2, 0.25) is 11.7 Å². The van der Waals surface area contributed by atoms with Gasteiger partial charge in [-0.25, -0.2) is 4.98 Å². The Morgan fingerprint density at radius 2 is 2.09 bits per heavy atom. The van der Waals surface area contributed by atoms with E-state index >= 15 is 0 Å². The minimum atomic E-state index is -0.468. The van der Waals surface area contributed by atoms with Gasteiger partial charge in [0, 0.05) is 31.1 Å². The molecule has 32 heavy (non-hydrogen) atoms. The van der Waals surface area contributed by atoms with E-state index in [1.165, 1.54) is 4.57 Å². The molecule has 1 aliphatic carbocycles. The number of ether oxygens (including phenoxy) is 2. The third kappa shape index (κ3) is 3.37. The predicted molar refractivity (Wildman–Crippen MR) is 118 cm³/mol. The number of nitrogens with one attached hydrogen (secondary N) is 1. The lowest BCUT2D eigenvalue weighted by atomic mass is 9.84. The fourth-order valence-corrected chi connectivity index (χ4v) is 4.76. The summed E-state index contributed by atoms with van der Waals surface area (Å²) in [5.74, 6) is 0.188. The molecule has 2 unspecified atom stereocenters. The summed E-state index contributed by atoms with van der Waals surface area (Å²) in [5.41, 5.74) is 0.862. The number of amides is 1. The van der Waals surface area contributed by atoms with Crippen molar-refractivity contribution in [2.75, 3.05) is 11.9 Å². The van der Waals surface area contributed by atoms with Crippen LogP contribution in [0.1, 0.15) is 56.1 Å². The SMILES string of the molecule is CC(C)Oc1nc2nc(C34CCC(C)(C3)OC4)cn2cc1C(=O)Nc1cccn(C)c1=O. The maximum atomic E-state index is 13.1. The van der Waals surface area contributed by atoms with Gasteiger partial charge < -0.3 is 19.4 Å². The Hall–Kier alpha value is -3.20. The number of fused-ring (bicyclic) bond motifs is 3. The minimum Gasteiger partial charge on any atom is -0.474 e. The molecule has 0 aromatic carbocycles. The summed E-state index contributed by atoms with van der Waals surface area (Å²) in [6.45, 7) is 6.53. The number of carbonyl (C=O) groups excluding carboxylic acids is 1. The molecule has 3 aromatic rings. The first kappa shape index (κ1) is 20.7. The van der Waals surface area contributed by atoms with E-state index in [9.17, 15) is 9.59 Å². The van der Waals surface area contributed by atoms with E-state index in [0.29, 0.717) is 12.4 Å². The number of nitrogens with zero attached hydrogens (tertiary/aromatic N) is 4. The average molecular weight is 438 g/mol. The van der Waals surface area contributed by atoms with E-state index in [2.05, 4.69) is 17.2 Å². The van der Waals surface area contributed by atoms with Crippen LogP contribution < -0.4 is 15.6 Å². The van der Waals surface area contributed by atoms with Crippen LogP contribution in [0.15, 0.2) is 35.5 Å². The summed E-state index contributed by atoms with van der Waals surface area (Å²) in [6.07, 6.45) is 8.01. The van der Waals surface area contributed by atoms with Gasteiger partial charge in [-0.1, -0.05) is 0 Å². The van der Waals surface area contributed by atoms with E-state index in [-0.39, 0.29) is 39.8 Å². The Balaban J connectivity index is 1.54. The zero-order valence-corrected chi connectivity index (χ0v) is 18.7. The Labute approximate surface area is 185 Å². The molecule has 1 N–H and O–H groups in total. The number of aromatic nitrogens is 4. The fraction of sp³-hybridized carbons (Fsp3) is 0.478. The number of carbonyl (C=O) groups is 1. The van der Waals surface area contributed by atoms with Gasteiger partial charge in [-0.2, -0.15) is 4.98 Å². The molecule has 1 aliphatic heterocycles. The Kier molecular flexibility index (Phi) is 4.63. The lowest BCUT2D eigenvalue weighted by Gasteiger charge is -2.24. The average Bonchev–Trinajstić information content (AvgIpc) is 3.41. The Morgan fingerprint density at radius 1 is 1.28 bits per heavy atom. The lowest BCUT2D eigenvalue weighted by molar-refractivity contribution is -0.00627. The van der Waals surface area contributed by atoms with Crippen LogP contribution in [0.5, 0.6) is 5.88 Å². The van der Waals surface area contributed by atoms with Crippen molar-refractivity contribution in [3.63, 3.8) is 0 Å². The third-order valence-electron chi connectivity index (χ3n) is 6.46. The summed E-state index contributed by atoms with van der Waals surface area (Å²) in [4.78, 5) is 34.8. The topological polar surface area (TPSA) is 99.8 Å². The number of anilines is 1. The second-order valence-electron chi connectivity index (χ2n) is 9.45. The Bertz CT molecular complexity index is 1270. The molecule has 9 heteroatoms. The molecule has 2 fully saturated rings. The molecule has 2 bridgehead atoms. The maximum absolute atomic E-state index is 13.1. The zero-order valence-electron chi connectivity index (χ0n) is 18.7. The molecule has 3 aromatic heterocycles. The van der Waals surface area contributed by atoms with E-state index < -0.39 is 5.91 Å². The summed E-state index contributed by atoms with van der Waals surface area (Å²) in [7, 11) is 1.63. The van der Waals surface area contributed by atoms with E-state index in [4.69, 9.17) is 14.5 Å². The smallest absolute Gasteiger partial charge is 0.274 e. The van der Waals surface area contributed by atoms with Crippen molar-refractivity contribution in [3.8, 4) is 5.88 Å². The molecule has 5 rings (SSSR count). The normalized spacial score (nSPS) is 24.4. The molecule has 1 saturated carbocycles. The molecule has 4 heterocycles. The standard InChI is InChI=1S/C23H27N5O4/c1-14(2)32-19-15(18(29)24-16-6-5-9-27(4)20(16)30)10-28-11-17(25-21(28)26-19)23-8-7-22(3,12-23)31-13-23/h5-6,9-11,14H,7-8,12-13H2,1-4H3,(H,24,29). The predicted octanol–water partition coefficient (Wildman–Crippen LogP) is 2.68. The van der Waals surface area contributed by atoms with Crippen molar-refractivity contribution >= 4 is 17.4 Å². The van der Waals surface area contributed by atoms with Crippen LogP contribution in [-0.2, 0) is 17.2 Å². The quantitative estimate of drug-likeness (QED) is 0.659. The first-order valence-corrected chi connectivity index (χ1v) is 10.9. The highest BCUT2D eigenvalue weighted by atomic mass is 16.5. The number of hydrogen-bond acceptors (Lipinski definition) is 6. The number of rotatable bonds is 5. The van der Waals surface area contributed by atoms with Crippen molar-refractivity contribution in [2.45, 2.75) is 57.2 Å². The van der Waals surface area contributed by atoms with Crippen molar-refractivity contribution in [2.24, 2.45) is 7.05 Å². The number of hydrogen-bond donors (Lipinski definition) is 1. The first-order chi connectivity index (χ1) is 15.2. The van der Waals surface area contributed by atoms with Gasteiger partial charge in [0.1, 0.15) is 11.3 Å². The summed E-state index contributed by atoms with van der Waals surface area (Å²) in [5, 5.41) is 2.69. The molecule has 0 spiro atoms. The van der Waals surface area contributed by atoms with Gasteiger partial charge in [0.15, 0.2) is 0 Å². The Morgan fingerprint density at radius 3 is 2.75 bits per heavy atom. The highest BCUT2D eigenvalue weighted by Gasteiger charge is 2.55. The molecular formula is C23H27N5O4. The lowest BCUT2D eigenvalue weighted by Crippen LogP contribution is -2.26. The van der Waals surface area contributed by atoms with E-state index in [1.807, 2.05) is 20.0 Å². The van der Waals surface area contributed by atoms with E-state index in [1.54, 1.807) is 36.0 Å². The number of pyridine rings is 1. The molecule has 0 radical (unpaired) electrons. The van der Waals surface area contributed by atoms with Gasteiger partial charge in [-0.3, -0.25) is 14.0 Å². The van der Waals surface area contributed by atoms with Gasteiger partial charge in [-0.05, 0) is 52.2 Å². The van der Waals surface area contributed by atoms with Crippen molar-refractivity contribution in [3.05, 3.63) is 52.3 Å². The highest BCUT2D eigenvalue weighted by molar-refractivity contribution is 6.05. The summed E-state index contributed by atoms with van der Waals surface area (Å²) < 4.78 is 15.0. The van der Waals surface area contributed by atoms with Gasteiger partial charge in [-0.15, -0.1) is 0 Å². The number of imidazole rings is 1. The molecule has 1 amide bonds. The summed E-state index contributed by atoms with van der Waals surface area (Å²) >= 11 is 0. The third-order valence-corrected chi connectivity index (χ3v) is 6.46. The highest BCUT2D eigenvalue weighted by Crippen LogP contribution is 2.53. The van der Waals surface area contributed by atoms with Gasteiger partial charge >= 0.3 is 0 Å². The largest absolute Gasteiger partial charge is 0.474 e. The molecular weight excluding hydrogens is 410 g/mol. The zero-order chi connectivity index (χ0) is 22.7. The minimum absolute atomic E-state index is 0.0813. The summed E-state index contributed by atoms with van der Waals surface area (Å²) in [6, 6.07) is 3.27. The van der Waals surface area contributed by atoms with Crippen LogP contribution in [0, 0.1) is 0 Å². The van der Waals surface area contributed by atoms with Crippen molar-refractivity contribution in [1.29, 1.82) is 0 Å². The van der Waals surface area contributed by atoms with Crippen molar-refractivity contribution in [1.82, 2.24) is 18.9 Å². The molecule has 2 atom stereocenters. The second-order valence-corrected chi connectivity index (χ2v) is 9.45. The number of aryl methyl sites for hydroxylation is 1. The van der Waals surface area contributed by atoms with Gasteiger partial charge in [0.05, 0.1) is 24.0 Å². The molecule has 1 saturated heterocycles. The fourth-order valence-electron chi connectivity index (χ4n) is 4.76. The van der Waals surface area contributed by atoms with E-state index in [0.717, 1.165) is 25.0 Å². The molecule has 168 valence electrons. The van der Waals surface area contributed by atoms with Crippen LogP contribution in [0.3, 0.4) is 0 Å². The van der Waals surface area contributed by atoms with Crippen LogP contribution in [0.4, 0.5) is 5.69 Å². The van der Waals surface area contributed by atoms with Gasteiger partial charge in [0.25, 0.3) is 11.5 Å². The second kappa shape index (κ2) is 7.16. The maximum Gasteiger partial charge on any atom is 0.274 e. The molecule has 2 aliphatic rings. The monoisotopic (exact) mass is 437 g/mol. The van der Waals surface area contributed by atoms with Crippen LogP contribution in [-0.4, -0.2) is 43.2 Å². The molecule has 9 nitrogen and oxygen atoms in total. The van der Waals surface area contributed by atoms with Crippen molar-refractivity contribution < 1.29 is 14.3 Å². The van der Waals surface area contributed by atoms with Crippen LogP contribution in [0.25, 0.3) is 5.78 Å². The van der Waals surface area contributed by atoms with Crippen LogP contribution >= 0.6 is 0 Å².